The van der Waals surface area contributed by atoms with E-state index in [0.717, 1.165) is 18.9 Å². The third kappa shape index (κ3) is 4.04. The Morgan fingerprint density at radius 3 is 2.38 bits per heavy atom. The standard InChI is InChI=1S/C13H27NO2/c1-13(2,3)12(14)11(9-15)16-8-7-10-5-4-6-10/h10-12,15H,4-9,14H2,1-3H3. The average molecular weight is 229 g/mol. The van der Waals surface area contributed by atoms with Crippen LogP contribution in [0, 0.1) is 11.3 Å². The normalized spacial score (nSPS) is 21.6. The first-order valence-electron chi connectivity index (χ1n) is 6.43. The van der Waals surface area contributed by atoms with Gasteiger partial charge in [0.1, 0.15) is 0 Å². The Hall–Kier alpha value is -0.120. The number of aliphatic hydroxyl groups excluding tert-OH is 1. The van der Waals surface area contributed by atoms with Gasteiger partial charge in [0, 0.05) is 12.6 Å². The Balaban J connectivity index is 2.24. The quantitative estimate of drug-likeness (QED) is 0.731. The lowest BCUT2D eigenvalue weighted by atomic mass is 9.83. The first kappa shape index (κ1) is 13.9. The third-order valence-corrected chi connectivity index (χ3v) is 3.66. The summed E-state index contributed by atoms with van der Waals surface area (Å²) in [6.07, 6.45) is 4.96. The first-order chi connectivity index (χ1) is 7.45. The van der Waals surface area contributed by atoms with Crippen molar-refractivity contribution < 1.29 is 9.84 Å². The number of nitrogens with two attached hydrogens (primary N) is 1. The van der Waals surface area contributed by atoms with E-state index in [-0.39, 0.29) is 24.2 Å². The Bertz CT molecular complexity index is 197. The van der Waals surface area contributed by atoms with Crippen LogP contribution in [0.5, 0.6) is 0 Å². The summed E-state index contributed by atoms with van der Waals surface area (Å²) >= 11 is 0. The molecule has 0 aromatic rings. The molecule has 0 saturated heterocycles. The van der Waals surface area contributed by atoms with Crippen molar-refractivity contribution in [3.05, 3.63) is 0 Å². The van der Waals surface area contributed by atoms with E-state index in [4.69, 9.17) is 10.5 Å². The number of rotatable bonds is 6. The predicted molar refractivity (Wildman–Crippen MR) is 66.2 cm³/mol. The second-order valence-corrected chi connectivity index (χ2v) is 6.07. The summed E-state index contributed by atoms with van der Waals surface area (Å²) in [5.74, 6) is 0.852. The molecule has 1 rings (SSSR count). The molecule has 1 saturated carbocycles. The molecule has 0 bridgehead atoms. The maximum absolute atomic E-state index is 9.29. The summed E-state index contributed by atoms with van der Waals surface area (Å²) in [6, 6.07) is -0.112. The van der Waals surface area contributed by atoms with E-state index >= 15 is 0 Å². The van der Waals surface area contributed by atoms with Gasteiger partial charge in [-0.15, -0.1) is 0 Å². The van der Waals surface area contributed by atoms with Gasteiger partial charge in [-0.3, -0.25) is 0 Å². The highest BCUT2D eigenvalue weighted by Gasteiger charge is 2.29. The molecule has 0 heterocycles. The van der Waals surface area contributed by atoms with E-state index in [0.29, 0.717) is 0 Å². The topological polar surface area (TPSA) is 55.5 Å². The van der Waals surface area contributed by atoms with E-state index in [2.05, 4.69) is 20.8 Å². The molecule has 16 heavy (non-hydrogen) atoms. The number of hydrogen-bond acceptors (Lipinski definition) is 3. The molecule has 0 spiro atoms. The Labute approximate surface area is 99.4 Å². The van der Waals surface area contributed by atoms with E-state index < -0.39 is 0 Å². The van der Waals surface area contributed by atoms with Gasteiger partial charge in [-0.05, 0) is 17.8 Å². The molecule has 2 unspecified atom stereocenters. The van der Waals surface area contributed by atoms with Crippen LogP contribution in [-0.4, -0.2) is 30.5 Å². The molecule has 0 aromatic carbocycles. The fraction of sp³-hybridized carbons (Fsp3) is 1.00. The van der Waals surface area contributed by atoms with Crippen molar-refractivity contribution in [1.82, 2.24) is 0 Å². The van der Waals surface area contributed by atoms with Gasteiger partial charge in [0.2, 0.25) is 0 Å². The van der Waals surface area contributed by atoms with E-state index in [1.807, 2.05) is 0 Å². The molecule has 0 amide bonds. The van der Waals surface area contributed by atoms with Crippen LogP contribution in [0.2, 0.25) is 0 Å². The second-order valence-electron chi connectivity index (χ2n) is 6.07. The van der Waals surface area contributed by atoms with E-state index in [9.17, 15) is 5.11 Å². The van der Waals surface area contributed by atoms with Gasteiger partial charge in [-0.1, -0.05) is 40.0 Å². The van der Waals surface area contributed by atoms with Crippen LogP contribution in [-0.2, 0) is 4.74 Å². The smallest absolute Gasteiger partial charge is 0.0961 e. The van der Waals surface area contributed by atoms with Crippen molar-refractivity contribution in [2.24, 2.45) is 17.1 Å². The van der Waals surface area contributed by atoms with Gasteiger partial charge in [-0.2, -0.15) is 0 Å². The monoisotopic (exact) mass is 229 g/mol. The molecule has 1 aliphatic rings. The van der Waals surface area contributed by atoms with Crippen LogP contribution < -0.4 is 5.73 Å². The van der Waals surface area contributed by atoms with Crippen molar-refractivity contribution in [3.63, 3.8) is 0 Å². The van der Waals surface area contributed by atoms with Gasteiger partial charge in [0.05, 0.1) is 12.7 Å². The summed E-state index contributed by atoms with van der Waals surface area (Å²) in [4.78, 5) is 0. The molecule has 1 aliphatic carbocycles. The van der Waals surface area contributed by atoms with Gasteiger partial charge in [0.25, 0.3) is 0 Å². The van der Waals surface area contributed by atoms with Crippen molar-refractivity contribution in [3.8, 4) is 0 Å². The van der Waals surface area contributed by atoms with Crippen molar-refractivity contribution >= 4 is 0 Å². The maximum Gasteiger partial charge on any atom is 0.0961 e. The van der Waals surface area contributed by atoms with Gasteiger partial charge >= 0.3 is 0 Å². The van der Waals surface area contributed by atoms with E-state index in [1.54, 1.807) is 0 Å². The fourth-order valence-electron chi connectivity index (χ4n) is 2.00. The Morgan fingerprint density at radius 1 is 1.38 bits per heavy atom. The highest BCUT2D eigenvalue weighted by atomic mass is 16.5. The minimum Gasteiger partial charge on any atom is -0.394 e. The molecule has 2 atom stereocenters. The highest BCUT2D eigenvalue weighted by molar-refractivity contribution is 4.84. The summed E-state index contributed by atoms with van der Waals surface area (Å²) in [5, 5.41) is 9.29. The van der Waals surface area contributed by atoms with Crippen LogP contribution >= 0.6 is 0 Å². The van der Waals surface area contributed by atoms with Crippen LogP contribution in [0.25, 0.3) is 0 Å². The summed E-state index contributed by atoms with van der Waals surface area (Å²) in [5.41, 5.74) is 6.06. The summed E-state index contributed by atoms with van der Waals surface area (Å²) in [7, 11) is 0. The molecular formula is C13H27NO2. The van der Waals surface area contributed by atoms with Crippen LogP contribution in [0.15, 0.2) is 0 Å². The zero-order chi connectivity index (χ0) is 12.2. The maximum atomic E-state index is 9.29. The van der Waals surface area contributed by atoms with E-state index in [1.165, 1.54) is 19.3 Å². The summed E-state index contributed by atoms with van der Waals surface area (Å²) < 4.78 is 5.71. The van der Waals surface area contributed by atoms with Crippen LogP contribution in [0.4, 0.5) is 0 Å². The zero-order valence-electron chi connectivity index (χ0n) is 10.9. The lowest BCUT2D eigenvalue weighted by Gasteiger charge is -2.34. The van der Waals surface area contributed by atoms with Crippen molar-refractivity contribution in [1.29, 1.82) is 0 Å². The lowest BCUT2D eigenvalue weighted by Crippen LogP contribution is -2.48. The number of aliphatic hydroxyl groups is 1. The minimum atomic E-state index is -0.222. The average Bonchev–Trinajstić information content (AvgIpc) is 2.13. The molecule has 96 valence electrons. The van der Waals surface area contributed by atoms with Gasteiger partial charge < -0.3 is 15.6 Å². The predicted octanol–water partition coefficient (Wildman–Crippen LogP) is 1.93. The number of ether oxygens (including phenoxy) is 1. The molecule has 3 heteroatoms. The summed E-state index contributed by atoms with van der Waals surface area (Å²) in [6.45, 7) is 6.99. The van der Waals surface area contributed by atoms with Crippen molar-refractivity contribution in [2.45, 2.75) is 58.6 Å². The second kappa shape index (κ2) is 5.99. The molecule has 0 radical (unpaired) electrons. The molecule has 0 aliphatic heterocycles. The largest absolute Gasteiger partial charge is 0.394 e. The number of hydrogen-bond donors (Lipinski definition) is 2. The molecule has 3 N–H and O–H groups in total. The van der Waals surface area contributed by atoms with Gasteiger partial charge in [0.15, 0.2) is 0 Å². The lowest BCUT2D eigenvalue weighted by molar-refractivity contribution is -0.0313. The Morgan fingerprint density at radius 2 is 2.00 bits per heavy atom. The molecule has 3 nitrogen and oxygen atoms in total. The Kier molecular flexibility index (Phi) is 5.22. The zero-order valence-corrected chi connectivity index (χ0v) is 10.9. The highest BCUT2D eigenvalue weighted by Crippen LogP contribution is 2.29. The molecule has 0 aromatic heterocycles. The van der Waals surface area contributed by atoms with Crippen LogP contribution in [0.3, 0.4) is 0 Å². The van der Waals surface area contributed by atoms with Gasteiger partial charge in [-0.25, -0.2) is 0 Å². The third-order valence-electron chi connectivity index (χ3n) is 3.66. The fourth-order valence-corrected chi connectivity index (χ4v) is 2.00. The first-order valence-corrected chi connectivity index (χ1v) is 6.43. The molecular weight excluding hydrogens is 202 g/mol. The van der Waals surface area contributed by atoms with Crippen molar-refractivity contribution in [2.75, 3.05) is 13.2 Å². The SMILES string of the molecule is CC(C)(C)C(N)C(CO)OCCC1CCC1. The minimum absolute atomic E-state index is 0.0170. The van der Waals surface area contributed by atoms with Crippen LogP contribution in [0.1, 0.15) is 46.5 Å². The molecule has 1 fully saturated rings.